The molecule has 3 heterocycles. The smallest absolute Gasteiger partial charge is 0.254 e. The normalized spacial score (nSPS) is 17.0. The highest BCUT2D eigenvalue weighted by Crippen LogP contribution is 2.32. The van der Waals surface area contributed by atoms with Gasteiger partial charge < -0.3 is 4.90 Å². The molecule has 0 spiro atoms. The molecule has 6 heteroatoms. The van der Waals surface area contributed by atoms with E-state index in [0.717, 1.165) is 42.0 Å². The van der Waals surface area contributed by atoms with Crippen molar-refractivity contribution in [3.63, 3.8) is 0 Å². The van der Waals surface area contributed by atoms with E-state index in [-0.39, 0.29) is 11.9 Å². The van der Waals surface area contributed by atoms with E-state index in [2.05, 4.69) is 10.2 Å². The number of amides is 1. The molecule has 1 amide bonds. The molecule has 1 atom stereocenters. The monoisotopic (exact) mass is 349 g/mol. The molecule has 26 heavy (non-hydrogen) atoms. The Morgan fingerprint density at radius 3 is 2.58 bits per heavy atom. The van der Waals surface area contributed by atoms with Gasteiger partial charge in [0.1, 0.15) is 0 Å². The van der Waals surface area contributed by atoms with Crippen molar-refractivity contribution in [2.45, 2.75) is 32.7 Å². The maximum atomic E-state index is 13.0. The fraction of sp³-hybridized carbons (Fsp3) is 0.350. The molecule has 6 nitrogen and oxygen atoms in total. The molecule has 1 fully saturated rings. The largest absolute Gasteiger partial charge is 0.331 e. The summed E-state index contributed by atoms with van der Waals surface area (Å²) >= 11 is 0. The first-order valence-corrected chi connectivity index (χ1v) is 8.96. The van der Waals surface area contributed by atoms with Crippen LogP contribution in [0.1, 0.15) is 46.2 Å². The standard InChI is InChI=1S/C20H23N5O/c1-14-11-15(2)25(22-14)18-8-6-16(7-9-18)20(26)24-10-4-5-19(24)17-12-21-23(3)13-17/h6-9,11-13,19H,4-5,10H2,1-3H3/t19-/m1/s1. The number of rotatable bonds is 3. The van der Waals surface area contributed by atoms with Gasteiger partial charge in [-0.15, -0.1) is 0 Å². The van der Waals surface area contributed by atoms with Crippen LogP contribution in [0.5, 0.6) is 0 Å². The summed E-state index contributed by atoms with van der Waals surface area (Å²) in [5, 5.41) is 8.75. The van der Waals surface area contributed by atoms with Crippen LogP contribution in [-0.2, 0) is 7.05 Å². The van der Waals surface area contributed by atoms with Crippen molar-refractivity contribution < 1.29 is 4.79 Å². The predicted molar refractivity (Wildman–Crippen MR) is 99.3 cm³/mol. The highest BCUT2D eigenvalue weighted by molar-refractivity contribution is 5.94. The SMILES string of the molecule is Cc1cc(C)n(-c2ccc(C(=O)N3CCC[C@@H]3c3cnn(C)c3)cc2)n1. The minimum Gasteiger partial charge on any atom is -0.331 e. The van der Waals surface area contributed by atoms with Crippen molar-refractivity contribution in [3.05, 3.63) is 65.2 Å². The Labute approximate surface area is 153 Å². The van der Waals surface area contributed by atoms with E-state index in [0.29, 0.717) is 5.56 Å². The van der Waals surface area contributed by atoms with Gasteiger partial charge in [-0.05, 0) is 57.0 Å². The lowest BCUT2D eigenvalue weighted by atomic mass is 10.1. The van der Waals surface area contributed by atoms with Crippen LogP contribution in [0.15, 0.2) is 42.7 Å². The Bertz CT molecular complexity index is 938. The number of nitrogens with zero attached hydrogens (tertiary/aromatic N) is 5. The molecule has 0 bridgehead atoms. The summed E-state index contributed by atoms with van der Waals surface area (Å²) in [6.07, 6.45) is 5.88. The second kappa shape index (κ2) is 6.44. The molecule has 0 aliphatic carbocycles. The summed E-state index contributed by atoms with van der Waals surface area (Å²) in [7, 11) is 1.91. The minimum atomic E-state index is 0.0799. The molecule has 1 saturated heterocycles. The molecule has 0 saturated carbocycles. The molecular weight excluding hydrogens is 326 g/mol. The van der Waals surface area contributed by atoms with Gasteiger partial charge >= 0.3 is 0 Å². The van der Waals surface area contributed by atoms with Crippen LogP contribution in [0.3, 0.4) is 0 Å². The quantitative estimate of drug-likeness (QED) is 0.730. The summed E-state index contributed by atoms with van der Waals surface area (Å²) in [6, 6.07) is 9.87. The zero-order valence-corrected chi connectivity index (χ0v) is 15.4. The number of carbonyl (C=O) groups excluding carboxylic acids is 1. The van der Waals surface area contributed by atoms with Crippen molar-refractivity contribution in [3.8, 4) is 5.69 Å². The third-order valence-electron chi connectivity index (χ3n) is 4.99. The average molecular weight is 349 g/mol. The third kappa shape index (κ3) is 2.92. The fourth-order valence-corrected chi connectivity index (χ4v) is 3.77. The maximum absolute atomic E-state index is 13.0. The number of benzene rings is 1. The van der Waals surface area contributed by atoms with E-state index in [1.54, 1.807) is 4.68 Å². The van der Waals surface area contributed by atoms with Crippen LogP contribution in [0.25, 0.3) is 5.69 Å². The van der Waals surface area contributed by atoms with E-state index in [1.165, 1.54) is 0 Å². The lowest BCUT2D eigenvalue weighted by Gasteiger charge is -2.24. The molecule has 0 unspecified atom stereocenters. The Morgan fingerprint density at radius 1 is 1.19 bits per heavy atom. The first kappa shape index (κ1) is 16.6. The first-order chi connectivity index (χ1) is 12.5. The number of aryl methyl sites for hydroxylation is 3. The van der Waals surface area contributed by atoms with Gasteiger partial charge in [0.15, 0.2) is 0 Å². The summed E-state index contributed by atoms with van der Waals surface area (Å²) < 4.78 is 3.69. The third-order valence-corrected chi connectivity index (χ3v) is 4.99. The summed E-state index contributed by atoms with van der Waals surface area (Å²) in [6.45, 7) is 4.80. The number of hydrogen-bond acceptors (Lipinski definition) is 3. The Morgan fingerprint density at radius 2 is 1.96 bits per heavy atom. The molecular formula is C20H23N5O. The highest BCUT2D eigenvalue weighted by atomic mass is 16.2. The Balaban J connectivity index is 1.57. The van der Waals surface area contributed by atoms with Crippen molar-refractivity contribution >= 4 is 5.91 Å². The van der Waals surface area contributed by atoms with Gasteiger partial charge in [0.2, 0.25) is 0 Å². The lowest BCUT2D eigenvalue weighted by Crippen LogP contribution is -2.30. The van der Waals surface area contributed by atoms with Crippen LogP contribution in [-0.4, -0.2) is 36.9 Å². The number of hydrogen-bond donors (Lipinski definition) is 0. The molecule has 4 rings (SSSR count). The topological polar surface area (TPSA) is 56.0 Å². The minimum absolute atomic E-state index is 0.0799. The van der Waals surface area contributed by atoms with Gasteiger partial charge in [0.25, 0.3) is 5.91 Å². The summed E-state index contributed by atoms with van der Waals surface area (Å²) in [4.78, 5) is 15.0. The Hall–Kier alpha value is -2.89. The van der Waals surface area contributed by atoms with Crippen LogP contribution < -0.4 is 0 Å². The molecule has 1 aliphatic rings. The van der Waals surface area contributed by atoms with E-state index in [1.807, 2.05) is 73.2 Å². The van der Waals surface area contributed by atoms with Crippen LogP contribution in [0.4, 0.5) is 0 Å². The average Bonchev–Trinajstić information content (AvgIpc) is 3.34. The second-order valence-electron chi connectivity index (χ2n) is 6.99. The first-order valence-electron chi connectivity index (χ1n) is 8.96. The van der Waals surface area contributed by atoms with Gasteiger partial charge in [-0.25, -0.2) is 4.68 Å². The summed E-state index contributed by atoms with van der Waals surface area (Å²) in [5.74, 6) is 0.0799. The van der Waals surface area contributed by atoms with E-state index < -0.39 is 0 Å². The van der Waals surface area contributed by atoms with Crippen molar-refractivity contribution in [1.29, 1.82) is 0 Å². The molecule has 0 radical (unpaired) electrons. The molecule has 1 aliphatic heterocycles. The van der Waals surface area contributed by atoms with Crippen molar-refractivity contribution in [2.24, 2.45) is 7.05 Å². The van der Waals surface area contributed by atoms with Crippen molar-refractivity contribution in [2.75, 3.05) is 6.54 Å². The van der Waals surface area contributed by atoms with Gasteiger partial charge in [-0.3, -0.25) is 9.48 Å². The van der Waals surface area contributed by atoms with E-state index in [9.17, 15) is 4.79 Å². The maximum Gasteiger partial charge on any atom is 0.254 e. The van der Waals surface area contributed by atoms with Gasteiger partial charge in [-0.2, -0.15) is 10.2 Å². The van der Waals surface area contributed by atoms with Crippen LogP contribution >= 0.6 is 0 Å². The molecule has 1 aromatic carbocycles. The van der Waals surface area contributed by atoms with Gasteiger partial charge in [0.05, 0.1) is 23.6 Å². The predicted octanol–water partition coefficient (Wildman–Crippen LogP) is 3.20. The van der Waals surface area contributed by atoms with E-state index in [4.69, 9.17) is 0 Å². The zero-order valence-electron chi connectivity index (χ0n) is 15.4. The fourth-order valence-electron chi connectivity index (χ4n) is 3.77. The van der Waals surface area contributed by atoms with E-state index >= 15 is 0 Å². The second-order valence-corrected chi connectivity index (χ2v) is 6.99. The zero-order chi connectivity index (χ0) is 18.3. The number of carbonyl (C=O) groups is 1. The summed E-state index contributed by atoms with van der Waals surface area (Å²) in [5.41, 5.74) is 4.86. The van der Waals surface area contributed by atoms with Crippen LogP contribution in [0, 0.1) is 13.8 Å². The number of likely N-dealkylation sites (tertiary alicyclic amines) is 1. The molecule has 0 N–H and O–H groups in total. The highest BCUT2D eigenvalue weighted by Gasteiger charge is 2.31. The molecule has 2 aromatic heterocycles. The molecule has 134 valence electrons. The van der Waals surface area contributed by atoms with Crippen molar-refractivity contribution in [1.82, 2.24) is 24.5 Å². The van der Waals surface area contributed by atoms with Crippen LogP contribution in [0.2, 0.25) is 0 Å². The van der Waals surface area contributed by atoms with Gasteiger partial charge in [-0.1, -0.05) is 0 Å². The molecule has 3 aromatic rings. The number of aromatic nitrogens is 4. The Kier molecular flexibility index (Phi) is 4.11. The lowest BCUT2D eigenvalue weighted by molar-refractivity contribution is 0.0735. The van der Waals surface area contributed by atoms with Gasteiger partial charge in [0, 0.05) is 36.6 Å².